The van der Waals surface area contributed by atoms with Crippen LogP contribution in [0.1, 0.15) is 37.8 Å². The summed E-state index contributed by atoms with van der Waals surface area (Å²) in [5.74, 6) is 2.09. The lowest BCUT2D eigenvalue weighted by Crippen LogP contribution is -2.42. The van der Waals surface area contributed by atoms with E-state index in [1.807, 2.05) is 43.7 Å². The Morgan fingerprint density at radius 1 is 1.23 bits per heavy atom. The Bertz CT molecular complexity index is 1440. The first-order valence-corrected chi connectivity index (χ1v) is 11.3. The molecule has 184 valence electrons. The van der Waals surface area contributed by atoms with Crippen molar-refractivity contribution in [2.75, 3.05) is 13.3 Å². The molecule has 1 aliphatic rings. The summed E-state index contributed by atoms with van der Waals surface area (Å²) in [6, 6.07) is 8.41. The van der Waals surface area contributed by atoms with Gasteiger partial charge in [0.05, 0.1) is 11.6 Å². The number of aryl methyl sites for hydroxylation is 2. The molecule has 11 nitrogen and oxygen atoms in total. The fourth-order valence-corrected chi connectivity index (χ4v) is 4.06. The molecule has 1 atom stereocenters. The first kappa shape index (κ1) is 22.9. The second-order valence-corrected chi connectivity index (χ2v) is 9.23. The lowest BCUT2D eigenvalue weighted by Gasteiger charge is -2.28. The summed E-state index contributed by atoms with van der Waals surface area (Å²) >= 11 is 0. The first-order valence-electron chi connectivity index (χ1n) is 11.3. The third kappa shape index (κ3) is 4.73. The minimum atomic E-state index is -0.992. The van der Waals surface area contributed by atoms with E-state index in [2.05, 4.69) is 20.4 Å². The predicted molar refractivity (Wildman–Crippen MR) is 126 cm³/mol. The van der Waals surface area contributed by atoms with Gasteiger partial charge in [-0.2, -0.15) is 5.10 Å². The van der Waals surface area contributed by atoms with E-state index in [9.17, 15) is 15.0 Å². The number of aromatic hydroxyl groups is 1. The number of oxazole rings is 1. The van der Waals surface area contributed by atoms with E-state index in [1.54, 1.807) is 0 Å². The number of nitrogens with zero attached hydrogens (tertiary/aromatic N) is 3. The second-order valence-electron chi connectivity index (χ2n) is 9.23. The molecule has 3 heterocycles. The molecule has 2 aromatic carbocycles. The van der Waals surface area contributed by atoms with Crippen LogP contribution in [-0.2, 0) is 6.54 Å². The van der Waals surface area contributed by atoms with Crippen LogP contribution < -0.4 is 20.5 Å². The van der Waals surface area contributed by atoms with E-state index < -0.39 is 11.9 Å². The quantitative estimate of drug-likeness (QED) is 0.298. The molecular weight excluding hydrogens is 454 g/mol. The molecule has 0 spiro atoms. The summed E-state index contributed by atoms with van der Waals surface area (Å²) in [5, 5.41) is 28.7. The van der Waals surface area contributed by atoms with Crippen LogP contribution in [0.4, 0.5) is 0 Å². The molecule has 0 aliphatic carbocycles. The highest BCUT2D eigenvalue weighted by molar-refractivity contribution is 5.78. The number of nitrogens with one attached hydrogen (secondary N) is 2. The highest BCUT2D eigenvalue weighted by atomic mass is 16.7. The van der Waals surface area contributed by atoms with Crippen molar-refractivity contribution in [2.24, 2.45) is 0 Å². The van der Waals surface area contributed by atoms with Gasteiger partial charge >= 0.3 is 5.76 Å². The lowest BCUT2D eigenvalue weighted by atomic mass is 9.99. The van der Waals surface area contributed by atoms with Crippen molar-refractivity contribution >= 4 is 11.1 Å². The molecule has 35 heavy (non-hydrogen) atoms. The van der Waals surface area contributed by atoms with E-state index in [0.717, 1.165) is 11.4 Å². The molecule has 4 aromatic rings. The third-order valence-corrected chi connectivity index (χ3v) is 6.10. The Morgan fingerprint density at radius 2 is 2.03 bits per heavy atom. The van der Waals surface area contributed by atoms with Crippen molar-refractivity contribution in [1.29, 1.82) is 0 Å². The average Bonchev–Trinajstić information content (AvgIpc) is 3.52. The van der Waals surface area contributed by atoms with Gasteiger partial charge in [0.1, 0.15) is 11.6 Å². The van der Waals surface area contributed by atoms with Crippen LogP contribution in [0.15, 0.2) is 39.5 Å². The van der Waals surface area contributed by atoms with Gasteiger partial charge in [-0.3, -0.25) is 4.98 Å². The summed E-state index contributed by atoms with van der Waals surface area (Å²) in [5.41, 5.74) is 1.40. The van der Waals surface area contributed by atoms with Crippen molar-refractivity contribution in [2.45, 2.75) is 45.4 Å². The highest BCUT2D eigenvalue weighted by Gasteiger charge is 2.23. The summed E-state index contributed by atoms with van der Waals surface area (Å²) in [6.45, 7) is 6.98. The smallest absolute Gasteiger partial charge is 0.417 e. The Morgan fingerprint density at radius 3 is 2.86 bits per heavy atom. The fourth-order valence-electron chi connectivity index (χ4n) is 4.06. The number of hydrogen-bond acceptors (Lipinski definition) is 9. The number of phenols is 1. The molecule has 0 bridgehead atoms. The minimum Gasteiger partial charge on any atom is -0.508 e. The molecule has 5 rings (SSSR count). The zero-order chi connectivity index (χ0) is 24.7. The SMILES string of the molecule is Cc1nc(-c2ccc3c(c2)OCO3)nn1CCC(C)(C)NCC(O)c1cc(O)cc2[nH]c(=O)oc12. The van der Waals surface area contributed by atoms with Crippen molar-refractivity contribution in [1.82, 2.24) is 25.1 Å². The Hall–Kier alpha value is -3.83. The average molecular weight is 482 g/mol. The number of phenolic OH excluding ortho intramolecular Hbond substituents is 1. The number of fused-ring (bicyclic) bond motifs is 2. The number of ether oxygens (including phenoxy) is 2. The van der Waals surface area contributed by atoms with Gasteiger partial charge in [-0.05, 0) is 51.5 Å². The van der Waals surface area contributed by atoms with Gasteiger partial charge in [0.25, 0.3) is 0 Å². The fraction of sp³-hybridized carbons (Fsp3) is 0.375. The van der Waals surface area contributed by atoms with Gasteiger partial charge in [-0.15, -0.1) is 0 Å². The number of H-pyrrole nitrogens is 1. The lowest BCUT2D eigenvalue weighted by molar-refractivity contribution is 0.157. The van der Waals surface area contributed by atoms with E-state index in [1.165, 1.54) is 12.1 Å². The molecule has 1 aliphatic heterocycles. The molecule has 4 N–H and O–H groups in total. The molecule has 1 unspecified atom stereocenters. The molecule has 11 heteroatoms. The van der Waals surface area contributed by atoms with Crippen molar-refractivity contribution < 1.29 is 24.1 Å². The highest BCUT2D eigenvalue weighted by Crippen LogP contribution is 2.35. The zero-order valence-corrected chi connectivity index (χ0v) is 19.7. The second kappa shape index (κ2) is 8.75. The molecule has 0 saturated heterocycles. The predicted octanol–water partition coefficient (Wildman–Crippen LogP) is 2.61. The van der Waals surface area contributed by atoms with Crippen LogP contribution in [0, 0.1) is 6.92 Å². The van der Waals surface area contributed by atoms with Gasteiger partial charge in [0, 0.05) is 35.8 Å². The molecule has 0 amide bonds. The van der Waals surface area contributed by atoms with Crippen molar-refractivity contribution in [3.05, 3.63) is 52.3 Å². The summed E-state index contributed by atoms with van der Waals surface area (Å²) in [6.07, 6.45) is -0.285. The van der Waals surface area contributed by atoms with E-state index in [4.69, 9.17) is 13.9 Å². The number of hydrogen-bond donors (Lipinski definition) is 4. The maximum Gasteiger partial charge on any atom is 0.417 e. The zero-order valence-electron chi connectivity index (χ0n) is 19.7. The Kier molecular flexibility index (Phi) is 5.73. The number of rotatable bonds is 8. The molecule has 0 radical (unpaired) electrons. The number of aliphatic hydroxyl groups is 1. The van der Waals surface area contributed by atoms with E-state index in [0.29, 0.717) is 41.4 Å². The summed E-state index contributed by atoms with van der Waals surface area (Å²) < 4.78 is 17.8. The maximum atomic E-state index is 11.6. The van der Waals surface area contributed by atoms with Gasteiger partial charge in [0.15, 0.2) is 22.9 Å². The molecule has 0 saturated carbocycles. The van der Waals surface area contributed by atoms with Gasteiger partial charge < -0.3 is 29.4 Å². The summed E-state index contributed by atoms with van der Waals surface area (Å²) in [7, 11) is 0. The van der Waals surface area contributed by atoms with Crippen molar-refractivity contribution in [3.63, 3.8) is 0 Å². The number of aromatic amines is 1. The van der Waals surface area contributed by atoms with E-state index in [-0.39, 0.29) is 30.2 Å². The normalized spacial score (nSPS) is 14.1. The largest absolute Gasteiger partial charge is 0.508 e. The first-order chi connectivity index (χ1) is 16.7. The van der Waals surface area contributed by atoms with Crippen LogP contribution >= 0.6 is 0 Å². The van der Waals surface area contributed by atoms with Crippen molar-refractivity contribution in [3.8, 4) is 28.6 Å². The Balaban J connectivity index is 1.23. The van der Waals surface area contributed by atoms with Crippen LogP contribution in [0.25, 0.3) is 22.5 Å². The van der Waals surface area contributed by atoms with Crippen LogP contribution in [0.5, 0.6) is 17.2 Å². The van der Waals surface area contributed by atoms with Crippen LogP contribution in [0.2, 0.25) is 0 Å². The van der Waals surface area contributed by atoms with Crippen LogP contribution in [-0.4, -0.2) is 48.8 Å². The third-order valence-electron chi connectivity index (χ3n) is 6.10. The monoisotopic (exact) mass is 481 g/mol. The standard InChI is InChI=1S/C24H27N5O6/c1-13-26-22(14-4-5-19-20(8-14)34-12-33-19)28-29(13)7-6-24(2,3)25-11-18(31)16-9-15(30)10-17-21(16)35-23(32)27-17/h4-5,8-10,18,25,30-31H,6-7,11-12H2,1-3H3,(H,27,32). The van der Waals surface area contributed by atoms with E-state index >= 15 is 0 Å². The van der Waals surface area contributed by atoms with Gasteiger partial charge in [-0.1, -0.05) is 0 Å². The minimum absolute atomic E-state index is 0.0669. The maximum absolute atomic E-state index is 11.6. The van der Waals surface area contributed by atoms with Crippen LogP contribution in [0.3, 0.4) is 0 Å². The van der Waals surface area contributed by atoms with Gasteiger partial charge in [0.2, 0.25) is 6.79 Å². The number of benzene rings is 2. The molecular formula is C24H27N5O6. The Labute approximate surface area is 200 Å². The molecule has 0 fully saturated rings. The van der Waals surface area contributed by atoms with Gasteiger partial charge in [-0.25, -0.2) is 14.5 Å². The number of aliphatic hydroxyl groups excluding tert-OH is 1. The number of β-amino-alcohol motifs (C(OH)–C–C–N with tert-alkyl or cyclic N) is 1. The topological polar surface area (TPSA) is 148 Å². The molecule has 2 aromatic heterocycles. The number of aromatic nitrogens is 4. The summed E-state index contributed by atoms with van der Waals surface area (Å²) in [4.78, 5) is 18.6.